The largest absolute Gasteiger partial charge is 0.493 e. The van der Waals surface area contributed by atoms with Crippen LogP contribution in [-0.2, 0) is 0 Å². The van der Waals surface area contributed by atoms with Crippen molar-refractivity contribution in [1.29, 1.82) is 5.26 Å². The zero-order valence-electron chi connectivity index (χ0n) is 9.99. The van der Waals surface area contributed by atoms with Crippen molar-refractivity contribution in [3.8, 4) is 11.8 Å². The lowest BCUT2D eigenvalue weighted by atomic mass is 10.1. The van der Waals surface area contributed by atoms with Gasteiger partial charge in [0.2, 0.25) is 0 Å². The smallest absolute Gasteiger partial charge is 0.335 e. The van der Waals surface area contributed by atoms with Crippen LogP contribution in [-0.4, -0.2) is 17.7 Å². The molecule has 0 aliphatic rings. The molecule has 4 heteroatoms. The molecule has 0 amide bonds. The Labute approximate surface area is 100 Å². The summed E-state index contributed by atoms with van der Waals surface area (Å²) < 4.78 is 5.56. The number of aryl methyl sites for hydroxylation is 2. The number of hydrogen-bond donors (Lipinski definition) is 1. The average Bonchev–Trinajstić information content (AvgIpc) is 2.26. The molecule has 1 rings (SSSR count). The number of rotatable bonds is 5. The van der Waals surface area contributed by atoms with Crippen LogP contribution in [0.5, 0.6) is 5.75 Å². The third-order valence-electron chi connectivity index (χ3n) is 2.39. The van der Waals surface area contributed by atoms with Gasteiger partial charge in [0.1, 0.15) is 5.75 Å². The SMILES string of the molecule is Cc1cc(C(=O)O)cc(C)c1OCCCC#N. The first kappa shape index (κ1) is 13.0. The van der Waals surface area contributed by atoms with E-state index in [2.05, 4.69) is 0 Å². The van der Waals surface area contributed by atoms with Gasteiger partial charge in [-0.1, -0.05) is 0 Å². The van der Waals surface area contributed by atoms with Crippen LogP contribution < -0.4 is 4.74 Å². The number of carboxylic acid groups (broad SMARTS) is 1. The molecule has 1 aromatic carbocycles. The van der Waals surface area contributed by atoms with Crippen LogP contribution in [0.3, 0.4) is 0 Å². The van der Waals surface area contributed by atoms with Crippen molar-refractivity contribution in [2.75, 3.05) is 6.61 Å². The third-order valence-corrected chi connectivity index (χ3v) is 2.39. The number of nitrogens with zero attached hydrogens (tertiary/aromatic N) is 1. The summed E-state index contributed by atoms with van der Waals surface area (Å²) in [7, 11) is 0. The van der Waals surface area contributed by atoms with Crippen LogP contribution in [0, 0.1) is 25.2 Å². The van der Waals surface area contributed by atoms with E-state index in [4.69, 9.17) is 15.1 Å². The summed E-state index contributed by atoms with van der Waals surface area (Å²) in [4.78, 5) is 10.8. The van der Waals surface area contributed by atoms with Gasteiger partial charge in [-0.05, 0) is 43.5 Å². The second kappa shape index (κ2) is 5.90. The van der Waals surface area contributed by atoms with Crippen molar-refractivity contribution in [1.82, 2.24) is 0 Å². The Bertz CT molecular complexity index is 437. The van der Waals surface area contributed by atoms with Crippen LogP contribution in [0.15, 0.2) is 12.1 Å². The molecular weight excluding hydrogens is 218 g/mol. The van der Waals surface area contributed by atoms with E-state index in [1.807, 2.05) is 19.9 Å². The van der Waals surface area contributed by atoms with Crippen molar-refractivity contribution in [2.24, 2.45) is 0 Å². The molecule has 0 spiro atoms. The number of aromatic carboxylic acids is 1. The van der Waals surface area contributed by atoms with Gasteiger partial charge in [0.05, 0.1) is 18.2 Å². The number of nitriles is 1. The Kier molecular flexibility index (Phi) is 4.53. The number of benzene rings is 1. The maximum absolute atomic E-state index is 10.8. The van der Waals surface area contributed by atoms with Gasteiger partial charge in [-0.2, -0.15) is 5.26 Å². The molecule has 4 nitrogen and oxygen atoms in total. The second-order valence-electron chi connectivity index (χ2n) is 3.85. The summed E-state index contributed by atoms with van der Waals surface area (Å²) in [5.41, 5.74) is 1.88. The summed E-state index contributed by atoms with van der Waals surface area (Å²) in [5.74, 6) is -0.222. The van der Waals surface area contributed by atoms with E-state index in [0.29, 0.717) is 25.2 Å². The van der Waals surface area contributed by atoms with E-state index < -0.39 is 5.97 Å². The molecule has 0 aliphatic heterocycles. The van der Waals surface area contributed by atoms with Crippen LogP contribution >= 0.6 is 0 Å². The Morgan fingerprint density at radius 2 is 2.00 bits per heavy atom. The summed E-state index contributed by atoms with van der Waals surface area (Å²) in [6, 6.07) is 5.23. The van der Waals surface area contributed by atoms with E-state index in [-0.39, 0.29) is 5.56 Å². The topological polar surface area (TPSA) is 70.3 Å². The summed E-state index contributed by atoms with van der Waals surface area (Å²) >= 11 is 0. The van der Waals surface area contributed by atoms with Crippen LogP contribution in [0.1, 0.15) is 34.3 Å². The maximum Gasteiger partial charge on any atom is 0.335 e. The van der Waals surface area contributed by atoms with Crippen molar-refractivity contribution in [3.05, 3.63) is 28.8 Å². The summed E-state index contributed by atoms with van der Waals surface area (Å²) in [5, 5.41) is 17.3. The molecule has 0 fully saturated rings. The van der Waals surface area contributed by atoms with Crippen LogP contribution in [0.4, 0.5) is 0 Å². The summed E-state index contributed by atoms with van der Waals surface area (Å²) in [6.07, 6.45) is 1.14. The predicted molar refractivity (Wildman–Crippen MR) is 63.2 cm³/mol. The lowest BCUT2D eigenvalue weighted by Gasteiger charge is -2.12. The molecule has 0 unspecified atom stereocenters. The zero-order chi connectivity index (χ0) is 12.8. The quantitative estimate of drug-likeness (QED) is 0.794. The van der Waals surface area contributed by atoms with E-state index in [1.54, 1.807) is 12.1 Å². The highest BCUT2D eigenvalue weighted by molar-refractivity contribution is 5.88. The Morgan fingerprint density at radius 3 is 2.47 bits per heavy atom. The van der Waals surface area contributed by atoms with Crippen LogP contribution in [0.25, 0.3) is 0 Å². The zero-order valence-corrected chi connectivity index (χ0v) is 9.99. The molecule has 0 aromatic heterocycles. The van der Waals surface area contributed by atoms with Crippen molar-refractivity contribution >= 4 is 5.97 Å². The molecule has 0 heterocycles. The first-order valence-corrected chi connectivity index (χ1v) is 5.40. The standard InChI is InChI=1S/C13H15NO3/c1-9-7-11(13(15)16)8-10(2)12(9)17-6-4-3-5-14/h7-8H,3-4,6H2,1-2H3,(H,15,16). The van der Waals surface area contributed by atoms with Crippen LogP contribution in [0.2, 0.25) is 0 Å². The first-order chi connectivity index (χ1) is 8.06. The second-order valence-corrected chi connectivity index (χ2v) is 3.85. The maximum atomic E-state index is 10.8. The van der Waals surface area contributed by atoms with Gasteiger partial charge in [-0.15, -0.1) is 0 Å². The number of hydrogen-bond acceptors (Lipinski definition) is 3. The van der Waals surface area contributed by atoms with Crippen molar-refractivity contribution in [2.45, 2.75) is 26.7 Å². The Hall–Kier alpha value is -2.02. The monoisotopic (exact) mass is 233 g/mol. The van der Waals surface area contributed by atoms with E-state index in [0.717, 1.165) is 11.1 Å². The molecular formula is C13H15NO3. The molecule has 0 saturated heterocycles. The fourth-order valence-corrected chi connectivity index (χ4v) is 1.63. The molecule has 0 bridgehead atoms. The summed E-state index contributed by atoms with van der Waals surface area (Å²) in [6.45, 7) is 4.11. The molecule has 0 aliphatic carbocycles. The molecule has 0 atom stereocenters. The lowest BCUT2D eigenvalue weighted by Crippen LogP contribution is -2.03. The number of carbonyl (C=O) groups is 1. The fraction of sp³-hybridized carbons (Fsp3) is 0.385. The number of carboxylic acids is 1. The molecule has 1 N–H and O–H groups in total. The van der Waals surface area contributed by atoms with Crippen molar-refractivity contribution < 1.29 is 14.6 Å². The predicted octanol–water partition coefficient (Wildman–Crippen LogP) is 2.68. The van der Waals surface area contributed by atoms with E-state index in [1.165, 1.54) is 0 Å². The highest BCUT2D eigenvalue weighted by Crippen LogP contribution is 2.25. The van der Waals surface area contributed by atoms with Gasteiger partial charge in [-0.3, -0.25) is 0 Å². The fourth-order valence-electron chi connectivity index (χ4n) is 1.63. The van der Waals surface area contributed by atoms with Gasteiger partial charge in [0, 0.05) is 6.42 Å². The minimum atomic E-state index is -0.938. The molecule has 90 valence electrons. The molecule has 1 aromatic rings. The Morgan fingerprint density at radius 1 is 1.41 bits per heavy atom. The Balaban J connectivity index is 2.80. The number of unbranched alkanes of at least 4 members (excludes halogenated alkanes) is 1. The van der Waals surface area contributed by atoms with Gasteiger partial charge in [-0.25, -0.2) is 4.79 Å². The molecule has 0 radical (unpaired) electrons. The van der Waals surface area contributed by atoms with Gasteiger partial charge >= 0.3 is 5.97 Å². The van der Waals surface area contributed by atoms with E-state index in [9.17, 15) is 4.79 Å². The van der Waals surface area contributed by atoms with Gasteiger partial charge in [0.25, 0.3) is 0 Å². The lowest BCUT2D eigenvalue weighted by molar-refractivity contribution is 0.0696. The van der Waals surface area contributed by atoms with E-state index >= 15 is 0 Å². The third kappa shape index (κ3) is 3.49. The van der Waals surface area contributed by atoms with Gasteiger partial charge < -0.3 is 9.84 Å². The molecule has 17 heavy (non-hydrogen) atoms. The first-order valence-electron chi connectivity index (χ1n) is 5.40. The number of ether oxygens (including phenoxy) is 1. The average molecular weight is 233 g/mol. The highest BCUT2D eigenvalue weighted by atomic mass is 16.5. The molecule has 0 saturated carbocycles. The minimum absolute atomic E-state index is 0.268. The highest BCUT2D eigenvalue weighted by Gasteiger charge is 2.10. The minimum Gasteiger partial charge on any atom is -0.493 e. The normalized spacial score (nSPS) is 9.71. The van der Waals surface area contributed by atoms with Gasteiger partial charge in [0.15, 0.2) is 0 Å². The van der Waals surface area contributed by atoms with Crippen molar-refractivity contribution in [3.63, 3.8) is 0 Å².